The first-order valence-electron chi connectivity index (χ1n) is 7.48. The fourth-order valence-electron chi connectivity index (χ4n) is 2.90. The summed E-state index contributed by atoms with van der Waals surface area (Å²) in [6.07, 6.45) is 4.19. The number of carbonyl (C=O) groups excluding carboxylic acids is 2. The van der Waals surface area contributed by atoms with E-state index in [4.69, 9.17) is 0 Å². The van der Waals surface area contributed by atoms with Crippen LogP contribution in [0.15, 0.2) is 30.3 Å². The lowest BCUT2D eigenvalue weighted by Gasteiger charge is -2.31. The zero-order valence-electron chi connectivity index (χ0n) is 12.4. The van der Waals surface area contributed by atoms with Crippen LogP contribution in [0.4, 0.5) is 4.79 Å². The van der Waals surface area contributed by atoms with Gasteiger partial charge < -0.3 is 16.0 Å². The van der Waals surface area contributed by atoms with Crippen molar-refractivity contribution < 1.29 is 9.59 Å². The minimum absolute atomic E-state index is 0.0891. The van der Waals surface area contributed by atoms with Crippen LogP contribution in [0.25, 0.3) is 0 Å². The molecule has 0 unspecified atom stereocenters. The molecule has 0 atom stereocenters. The van der Waals surface area contributed by atoms with E-state index in [2.05, 4.69) is 28.1 Å². The van der Waals surface area contributed by atoms with Gasteiger partial charge in [0.05, 0.1) is 5.54 Å². The zero-order chi connectivity index (χ0) is 15.1. The van der Waals surface area contributed by atoms with Crippen LogP contribution in [-0.2, 0) is 10.3 Å². The molecular formula is C16H23N3O2. The first-order valence-corrected chi connectivity index (χ1v) is 7.48. The number of hydrogen-bond acceptors (Lipinski definition) is 2. The van der Waals surface area contributed by atoms with Crippen LogP contribution in [-0.4, -0.2) is 25.0 Å². The summed E-state index contributed by atoms with van der Waals surface area (Å²) in [5.41, 5.74) is 0.916. The van der Waals surface area contributed by atoms with Gasteiger partial charge in [-0.2, -0.15) is 0 Å². The molecule has 0 heterocycles. The third-order valence-electron chi connectivity index (χ3n) is 3.92. The van der Waals surface area contributed by atoms with Gasteiger partial charge in [-0.1, -0.05) is 43.2 Å². The summed E-state index contributed by atoms with van der Waals surface area (Å²) in [6, 6.07) is 9.97. The van der Waals surface area contributed by atoms with E-state index in [-0.39, 0.29) is 17.5 Å². The lowest BCUT2D eigenvalue weighted by molar-refractivity contribution is -0.118. The second-order valence-electron chi connectivity index (χ2n) is 5.52. The van der Waals surface area contributed by atoms with Crippen molar-refractivity contribution in [2.45, 2.75) is 38.1 Å². The summed E-state index contributed by atoms with van der Waals surface area (Å²) in [7, 11) is 0. The Labute approximate surface area is 125 Å². The lowest BCUT2D eigenvalue weighted by atomic mass is 9.88. The average Bonchev–Trinajstić information content (AvgIpc) is 2.94. The molecule has 1 aromatic rings. The second kappa shape index (κ2) is 7.11. The summed E-state index contributed by atoms with van der Waals surface area (Å²) >= 11 is 0. The Balaban J connectivity index is 1.91. The molecule has 0 radical (unpaired) electrons. The third-order valence-corrected chi connectivity index (χ3v) is 3.92. The number of carbonyl (C=O) groups is 2. The van der Waals surface area contributed by atoms with Gasteiger partial charge in [0.25, 0.3) is 0 Å². The molecule has 1 aromatic carbocycles. The van der Waals surface area contributed by atoms with Crippen molar-refractivity contribution >= 4 is 11.9 Å². The summed E-state index contributed by atoms with van der Waals surface area (Å²) in [6.45, 7) is 2.33. The van der Waals surface area contributed by atoms with Gasteiger partial charge in [-0.05, 0) is 18.4 Å². The number of benzene rings is 1. The average molecular weight is 289 g/mol. The van der Waals surface area contributed by atoms with E-state index < -0.39 is 0 Å². The van der Waals surface area contributed by atoms with Crippen LogP contribution in [0.3, 0.4) is 0 Å². The molecule has 5 nitrogen and oxygen atoms in total. The molecule has 1 saturated carbocycles. The molecular weight excluding hydrogens is 266 g/mol. The van der Waals surface area contributed by atoms with Gasteiger partial charge >= 0.3 is 6.03 Å². The van der Waals surface area contributed by atoms with Crippen LogP contribution in [0.5, 0.6) is 0 Å². The molecule has 3 N–H and O–H groups in total. The molecule has 2 rings (SSSR count). The first kappa shape index (κ1) is 15.4. The first-order chi connectivity index (χ1) is 10.1. The molecule has 114 valence electrons. The standard InChI is InChI=1S/C16H23N3O2/c1-13(20)17-11-12-18-15(21)19-16(9-5-6-10-16)14-7-3-2-4-8-14/h2-4,7-8H,5-6,9-12H2,1H3,(H,17,20)(H2,18,19,21). The van der Waals surface area contributed by atoms with Crippen LogP contribution in [0.1, 0.15) is 38.2 Å². The minimum atomic E-state index is -0.251. The molecule has 0 bridgehead atoms. The lowest BCUT2D eigenvalue weighted by Crippen LogP contribution is -2.49. The number of urea groups is 1. The molecule has 1 fully saturated rings. The zero-order valence-corrected chi connectivity index (χ0v) is 12.4. The van der Waals surface area contributed by atoms with E-state index in [9.17, 15) is 9.59 Å². The maximum absolute atomic E-state index is 12.1. The van der Waals surface area contributed by atoms with Crippen LogP contribution >= 0.6 is 0 Å². The largest absolute Gasteiger partial charge is 0.355 e. The fourth-order valence-corrected chi connectivity index (χ4v) is 2.90. The quantitative estimate of drug-likeness (QED) is 0.724. The molecule has 3 amide bonds. The van der Waals surface area contributed by atoms with E-state index in [0.717, 1.165) is 25.7 Å². The fraction of sp³-hybridized carbons (Fsp3) is 0.500. The van der Waals surface area contributed by atoms with Crippen LogP contribution < -0.4 is 16.0 Å². The molecule has 0 aliphatic heterocycles. The van der Waals surface area contributed by atoms with E-state index in [0.29, 0.717) is 13.1 Å². The Morgan fingerprint density at radius 1 is 1.05 bits per heavy atom. The Morgan fingerprint density at radius 2 is 1.67 bits per heavy atom. The smallest absolute Gasteiger partial charge is 0.315 e. The highest BCUT2D eigenvalue weighted by Gasteiger charge is 2.36. The Kier molecular flexibility index (Phi) is 5.20. The second-order valence-corrected chi connectivity index (χ2v) is 5.52. The highest BCUT2D eigenvalue weighted by atomic mass is 16.2. The van der Waals surface area contributed by atoms with Crippen LogP contribution in [0.2, 0.25) is 0 Å². The van der Waals surface area contributed by atoms with Crippen molar-refractivity contribution in [1.29, 1.82) is 0 Å². The van der Waals surface area contributed by atoms with E-state index in [1.165, 1.54) is 12.5 Å². The van der Waals surface area contributed by atoms with Gasteiger partial charge in [0, 0.05) is 20.0 Å². The predicted octanol–water partition coefficient (Wildman–Crippen LogP) is 1.89. The predicted molar refractivity (Wildman–Crippen MR) is 81.8 cm³/mol. The van der Waals surface area contributed by atoms with Crippen molar-refractivity contribution in [2.24, 2.45) is 0 Å². The van der Waals surface area contributed by atoms with Crippen LogP contribution in [0, 0.1) is 0 Å². The minimum Gasteiger partial charge on any atom is -0.355 e. The molecule has 1 aliphatic rings. The van der Waals surface area contributed by atoms with E-state index in [1.807, 2.05) is 18.2 Å². The molecule has 5 heteroatoms. The van der Waals surface area contributed by atoms with E-state index >= 15 is 0 Å². The van der Waals surface area contributed by atoms with Gasteiger partial charge in [0.15, 0.2) is 0 Å². The van der Waals surface area contributed by atoms with Gasteiger partial charge in [0.1, 0.15) is 0 Å². The van der Waals surface area contributed by atoms with Gasteiger partial charge in [-0.15, -0.1) is 0 Å². The van der Waals surface area contributed by atoms with Crippen molar-refractivity contribution in [2.75, 3.05) is 13.1 Å². The normalized spacial score (nSPS) is 16.2. The van der Waals surface area contributed by atoms with Crippen molar-refractivity contribution in [1.82, 2.24) is 16.0 Å². The highest BCUT2D eigenvalue weighted by molar-refractivity contribution is 5.75. The molecule has 21 heavy (non-hydrogen) atoms. The molecule has 0 aromatic heterocycles. The maximum Gasteiger partial charge on any atom is 0.315 e. The summed E-state index contributed by atoms with van der Waals surface area (Å²) in [4.78, 5) is 22.9. The Hall–Kier alpha value is -2.04. The number of amides is 3. The van der Waals surface area contributed by atoms with Crippen molar-refractivity contribution in [3.8, 4) is 0 Å². The van der Waals surface area contributed by atoms with Crippen molar-refractivity contribution in [3.63, 3.8) is 0 Å². The monoisotopic (exact) mass is 289 g/mol. The van der Waals surface area contributed by atoms with Gasteiger partial charge in [-0.3, -0.25) is 4.79 Å². The Bertz CT molecular complexity index is 482. The summed E-state index contributed by atoms with van der Waals surface area (Å²) in [5.74, 6) is -0.0891. The summed E-state index contributed by atoms with van der Waals surface area (Å²) in [5, 5.41) is 8.58. The molecule has 0 saturated heterocycles. The molecule has 1 aliphatic carbocycles. The van der Waals surface area contributed by atoms with Gasteiger partial charge in [-0.25, -0.2) is 4.79 Å². The number of nitrogens with one attached hydrogen (secondary N) is 3. The third kappa shape index (κ3) is 4.21. The van der Waals surface area contributed by atoms with Crippen molar-refractivity contribution in [3.05, 3.63) is 35.9 Å². The SMILES string of the molecule is CC(=O)NCCNC(=O)NC1(c2ccccc2)CCCC1. The number of rotatable bonds is 5. The molecule has 0 spiro atoms. The van der Waals surface area contributed by atoms with Gasteiger partial charge in [0.2, 0.25) is 5.91 Å². The number of hydrogen-bond donors (Lipinski definition) is 3. The topological polar surface area (TPSA) is 70.2 Å². The highest BCUT2D eigenvalue weighted by Crippen LogP contribution is 2.38. The van der Waals surface area contributed by atoms with E-state index in [1.54, 1.807) is 0 Å². The maximum atomic E-state index is 12.1. The Morgan fingerprint density at radius 3 is 2.29 bits per heavy atom. The summed E-state index contributed by atoms with van der Waals surface area (Å²) < 4.78 is 0.